The molecule has 0 radical (unpaired) electrons. The first kappa shape index (κ1) is 13.0. The number of amides is 1. The number of aromatic nitrogens is 1. The van der Waals surface area contributed by atoms with Crippen molar-refractivity contribution in [3.05, 3.63) is 24.0 Å². The summed E-state index contributed by atoms with van der Waals surface area (Å²) in [6.07, 6.45) is 2.69. The molecule has 0 aromatic carbocycles. The van der Waals surface area contributed by atoms with Gasteiger partial charge in [0.15, 0.2) is 0 Å². The quantitative estimate of drug-likeness (QED) is 0.728. The van der Waals surface area contributed by atoms with Crippen LogP contribution in [0.1, 0.15) is 23.7 Å². The van der Waals surface area contributed by atoms with Crippen LogP contribution in [0.4, 0.5) is 0 Å². The zero-order valence-electron chi connectivity index (χ0n) is 9.47. The van der Waals surface area contributed by atoms with Gasteiger partial charge >= 0.3 is 5.97 Å². The number of nitrogens with zero attached hydrogens (tertiary/aromatic N) is 1. The van der Waals surface area contributed by atoms with Gasteiger partial charge in [0, 0.05) is 12.7 Å². The molecule has 0 aliphatic heterocycles. The first-order valence-electron chi connectivity index (χ1n) is 5.22. The van der Waals surface area contributed by atoms with Gasteiger partial charge in [-0.25, -0.2) is 0 Å². The third kappa shape index (κ3) is 4.10. The largest absolute Gasteiger partial charge is 0.505 e. The summed E-state index contributed by atoms with van der Waals surface area (Å²) in [5, 5.41) is 11.9. The fourth-order valence-electron chi connectivity index (χ4n) is 1.18. The topological polar surface area (TPSA) is 88.5 Å². The monoisotopic (exact) mass is 238 g/mol. The van der Waals surface area contributed by atoms with Gasteiger partial charge in [0.1, 0.15) is 5.75 Å². The van der Waals surface area contributed by atoms with Gasteiger partial charge in [-0.15, -0.1) is 0 Å². The number of ether oxygens (including phenoxy) is 1. The molecule has 0 atom stereocenters. The van der Waals surface area contributed by atoms with Gasteiger partial charge in [-0.05, 0) is 13.0 Å². The van der Waals surface area contributed by atoms with Crippen LogP contribution in [0, 0.1) is 0 Å². The van der Waals surface area contributed by atoms with Crippen LogP contribution < -0.4 is 5.32 Å². The number of aromatic hydroxyl groups is 1. The van der Waals surface area contributed by atoms with E-state index < -0.39 is 5.91 Å². The van der Waals surface area contributed by atoms with E-state index in [9.17, 15) is 14.7 Å². The highest BCUT2D eigenvalue weighted by atomic mass is 16.5. The molecule has 1 rings (SSSR count). The third-order valence-electron chi connectivity index (χ3n) is 1.96. The maximum absolute atomic E-state index is 11.6. The molecule has 1 aromatic heterocycles. The van der Waals surface area contributed by atoms with Crippen molar-refractivity contribution < 1.29 is 19.4 Å². The van der Waals surface area contributed by atoms with Crippen molar-refractivity contribution in [3.63, 3.8) is 0 Å². The third-order valence-corrected chi connectivity index (χ3v) is 1.96. The molecule has 0 bridgehead atoms. The molecule has 0 unspecified atom stereocenters. The van der Waals surface area contributed by atoms with Crippen molar-refractivity contribution in [1.82, 2.24) is 10.3 Å². The molecular weight excluding hydrogens is 224 g/mol. The zero-order chi connectivity index (χ0) is 12.7. The molecule has 6 nitrogen and oxygen atoms in total. The van der Waals surface area contributed by atoms with Crippen LogP contribution >= 0.6 is 0 Å². The number of hydrogen-bond acceptors (Lipinski definition) is 5. The summed E-state index contributed by atoms with van der Waals surface area (Å²) in [5.41, 5.74) is 0.129. The number of nitrogens with one attached hydrogen (secondary N) is 1. The fraction of sp³-hybridized carbons (Fsp3) is 0.364. The molecule has 0 saturated carbocycles. The van der Waals surface area contributed by atoms with E-state index in [2.05, 4.69) is 10.3 Å². The van der Waals surface area contributed by atoms with E-state index in [1.54, 1.807) is 6.92 Å². The van der Waals surface area contributed by atoms with Crippen LogP contribution in [0.3, 0.4) is 0 Å². The lowest BCUT2D eigenvalue weighted by atomic mass is 10.2. The van der Waals surface area contributed by atoms with Crippen LogP contribution in [-0.4, -0.2) is 35.1 Å². The van der Waals surface area contributed by atoms with Crippen molar-refractivity contribution in [3.8, 4) is 5.75 Å². The lowest BCUT2D eigenvalue weighted by Gasteiger charge is -2.05. The Kier molecular flexibility index (Phi) is 4.93. The molecule has 1 aromatic rings. The average molecular weight is 238 g/mol. The number of carbonyl (C=O) groups excluding carboxylic acids is 2. The first-order valence-corrected chi connectivity index (χ1v) is 5.22. The maximum Gasteiger partial charge on any atom is 0.307 e. The first-order chi connectivity index (χ1) is 8.15. The highest BCUT2D eigenvalue weighted by Crippen LogP contribution is 2.13. The van der Waals surface area contributed by atoms with E-state index in [4.69, 9.17) is 4.74 Å². The molecule has 1 heterocycles. The Morgan fingerprint density at radius 2 is 2.29 bits per heavy atom. The number of carbonyl (C=O) groups is 2. The van der Waals surface area contributed by atoms with E-state index in [1.165, 1.54) is 18.5 Å². The van der Waals surface area contributed by atoms with Crippen molar-refractivity contribution in [1.29, 1.82) is 0 Å². The standard InChI is InChI=1S/C11H14N2O4/c1-2-17-10(15)4-6-13-11(16)8-3-5-12-7-9(8)14/h3,5,7,14H,2,4,6H2,1H3,(H,13,16). The Bertz CT molecular complexity index is 406. The second-order valence-electron chi connectivity index (χ2n) is 3.20. The molecule has 0 saturated heterocycles. The molecule has 0 fully saturated rings. The van der Waals surface area contributed by atoms with Crippen LogP contribution in [0.15, 0.2) is 18.5 Å². The normalized spacial score (nSPS) is 9.71. The summed E-state index contributed by atoms with van der Waals surface area (Å²) < 4.78 is 4.70. The van der Waals surface area contributed by atoms with Crippen molar-refractivity contribution in [2.75, 3.05) is 13.2 Å². The van der Waals surface area contributed by atoms with Crippen molar-refractivity contribution in [2.24, 2.45) is 0 Å². The molecule has 17 heavy (non-hydrogen) atoms. The highest BCUT2D eigenvalue weighted by molar-refractivity contribution is 5.96. The smallest absolute Gasteiger partial charge is 0.307 e. The molecule has 0 spiro atoms. The summed E-state index contributed by atoms with van der Waals surface area (Å²) in [5.74, 6) is -1.01. The summed E-state index contributed by atoms with van der Waals surface area (Å²) >= 11 is 0. The Morgan fingerprint density at radius 3 is 2.94 bits per heavy atom. The maximum atomic E-state index is 11.6. The Balaban J connectivity index is 2.41. The van der Waals surface area contributed by atoms with E-state index >= 15 is 0 Å². The summed E-state index contributed by atoms with van der Waals surface area (Å²) in [6, 6.07) is 1.40. The van der Waals surface area contributed by atoms with Crippen LogP contribution in [-0.2, 0) is 9.53 Å². The van der Waals surface area contributed by atoms with E-state index in [0.717, 1.165) is 0 Å². The van der Waals surface area contributed by atoms with Crippen molar-refractivity contribution in [2.45, 2.75) is 13.3 Å². The summed E-state index contributed by atoms with van der Waals surface area (Å²) in [7, 11) is 0. The number of pyridine rings is 1. The Labute approximate surface area is 98.6 Å². The highest BCUT2D eigenvalue weighted by Gasteiger charge is 2.10. The second-order valence-corrected chi connectivity index (χ2v) is 3.20. The zero-order valence-corrected chi connectivity index (χ0v) is 9.47. The van der Waals surface area contributed by atoms with E-state index in [0.29, 0.717) is 6.61 Å². The lowest BCUT2D eigenvalue weighted by Crippen LogP contribution is -2.26. The predicted molar refractivity (Wildman–Crippen MR) is 59.5 cm³/mol. The number of hydrogen-bond donors (Lipinski definition) is 2. The minimum Gasteiger partial charge on any atom is -0.505 e. The lowest BCUT2D eigenvalue weighted by molar-refractivity contribution is -0.142. The molecule has 0 aliphatic carbocycles. The molecule has 0 aliphatic rings. The fourth-order valence-corrected chi connectivity index (χ4v) is 1.18. The van der Waals surface area contributed by atoms with Gasteiger partial charge in [-0.3, -0.25) is 14.6 Å². The predicted octanol–water partition coefficient (Wildman–Crippen LogP) is 0.470. The minimum absolute atomic E-state index is 0.103. The SMILES string of the molecule is CCOC(=O)CCNC(=O)c1ccncc1O. The minimum atomic E-state index is -0.450. The van der Waals surface area contributed by atoms with Gasteiger partial charge in [0.25, 0.3) is 5.91 Å². The van der Waals surface area contributed by atoms with Crippen molar-refractivity contribution >= 4 is 11.9 Å². The van der Waals surface area contributed by atoms with Gasteiger partial charge in [-0.1, -0.05) is 0 Å². The van der Waals surface area contributed by atoms with Crippen LogP contribution in [0.25, 0.3) is 0 Å². The molecular formula is C11H14N2O4. The van der Waals surface area contributed by atoms with Gasteiger partial charge < -0.3 is 15.2 Å². The van der Waals surface area contributed by atoms with Crippen LogP contribution in [0.2, 0.25) is 0 Å². The molecule has 1 amide bonds. The van der Waals surface area contributed by atoms with Crippen LogP contribution in [0.5, 0.6) is 5.75 Å². The van der Waals surface area contributed by atoms with E-state index in [1.807, 2.05) is 0 Å². The summed E-state index contributed by atoms with van der Waals surface area (Å²) in [4.78, 5) is 26.2. The summed E-state index contributed by atoms with van der Waals surface area (Å²) in [6.45, 7) is 2.20. The van der Waals surface area contributed by atoms with Gasteiger partial charge in [0.05, 0.1) is 24.8 Å². The Morgan fingerprint density at radius 1 is 1.53 bits per heavy atom. The Hall–Kier alpha value is -2.11. The van der Waals surface area contributed by atoms with Gasteiger partial charge in [-0.2, -0.15) is 0 Å². The van der Waals surface area contributed by atoms with Gasteiger partial charge in [0.2, 0.25) is 0 Å². The second kappa shape index (κ2) is 6.47. The number of esters is 1. The molecule has 92 valence electrons. The molecule has 6 heteroatoms. The van der Waals surface area contributed by atoms with E-state index in [-0.39, 0.29) is 30.2 Å². The average Bonchev–Trinajstić information content (AvgIpc) is 2.29. The molecule has 2 N–H and O–H groups in total. The number of rotatable bonds is 5.